The number of benzene rings is 1. The summed E-state index contributed by atoms with van der Waals surface area (Å²) in [7, 11) is 0. The van der Waals surface area contributed by atoms with Gasteiger partial charge in [-0.2, -0.15) is 13.2 Å². The van der Waals surface area contributed by atoms with Gasteiger partial charge in [-0.15, -0.1) is 0 Å². The fraction of sp³-hybridized carbons (Fsp3) is 0.619. The summed E-state index contributed by atoms with van der Waals surface area (Å²) in [5.74, 6) is 0.481. The molecule has 1 amide bonds. The predicted octanol–water partition coefficient (Wildman–Crippen LogP) is 2.91. The number of alkyl halides is 3. The van der Waals surface area contributed by atoms with E-state index in [0.717, 1.165) is 12.0 Å². The maximum atomic E-state index is 12.6. The van der Waals surface area contributed by atoms with Crippen LogP contribution >= 0.6 is 0 Å². The van der Waals surface area contributed by atoms with Crippen LogP contribution in [0, 0.1) is 0 Å². The fourth-order valence-corrected chi connectivity index (χ4v) is 3.20. The Morgan fingerprint density at radius 2 is 1.97 bits per heavy atom. The first-order valence-electron chi connectivity index (χ1n) is 10.4. The highest BCUT2D eigenvalue weighted by Crippen LogP contribution is 2.20. The van der Waals surface area contributed by atoms with Gasteiger partial charge in [-0.1, -0.05) is 19.1 Å². The van der Waals surface area contributed by atoms with Crippen LogP contribution in [0.15, 0.2) is 29.3 Å². The number of nitrogens with one attached hydrogen (secondary N) is 3. The molecule has 1 aromatic rings. The van der Waals surface area contributed by atoms with Gasteiger partial charge in [-0.3, -0.25) is 9.69 Å². The lowest BCUT2D eigenvalue weighted by Gasteiger charge is -2.19. The minimum Gasteiger partial charge on any atom is -0.357 e. The molecular formula is C21H32F3N5O. The molecule has 1 heterocycles. The molecule has 0 saturated carbocycles. The predicted molar refractivity (Wildman–Crippen MR) is 113 cm³/mol. The summed E-state index contributed by atoms with van der Waals surface area (Å²) in [4.78, 5) is 18.1. The van der Waals surface area contributed by atoms with Crippen LogP contribution in [-0.2, 0) is 6.54 Å². The number of rotatable bonds is 8. The van der Waals surface area contributed by atoms with Crippen molar-refractivity contribution in [2.45, 2.75) is 58.4 Å². The Labute approximate surface area is 176 Å². The molecule has 0 aliphatic carbocycles. The summed E-state index contributed by atoms with van der Waals surface area (Å²) in [5.41, 5.74) is 1.54. The maximum absolute atomic E-state index is 12.6. The van der Waals surface area contributed by atoms with Gasteiger partial charge in [-0.05, 0) is 44.4 Å². The van der Waals surface area contributed by atoms with Crippen molar-refractivity contribution in [2.75, 3.05) is 26.2 Å². The van der Waals surface area contributed by atoms with Crippen molar-refractivity contribution >= 4 is 11.9 Å². The molecular weight excluding hydrogens is 395 g/mol. The van der Waals surface area contributed by atoms with Gasteiger partial charge in [0.15, 0.2) is 5.96 Å². The lowest BCUT2D eigenvalue weighted by molar-refractivity contribution is -0.143. The molecule has 0 aromatic heterocycles. The van der Waals surface area contributed by atoms with E-state index in [1.807, 2.05) is 32.9 Å². The van der Waals surface area contributed by atoms with E-state index in [0.29, 0.717) is 44.1 Å². The number of nitrogens with zero attached hydrogens (tertiary/aromatic N) is 2. The normalized spacial score (nSPS) is 18.9. The molecule has 0 bridgehead atoms. The van der Waals surface area contributed by atoms with E-state index in [1.165, 1.54) is 4.90 Å². The number of likely N-dealkylation sites (tertiary alicyclic amines) is 1. The molecule has 2 rings (SSSR count). The highest BCUT2D eigenvalue weighted by molar-refractivity contribution is 5.94. The minimum atomic E-state index is -4.18. The second-order valence-electron chi connectivity index (χ2n) is 7.66. The van der Waals surface area contributed by atoms with Gasteiger partial charge in [0.2, 0.25) is 0 Å². The average molecular weight is 428 g/mol. The third-order valence-electron chi connectivity index (χ3n) is 4.99. The molecule has 1 saturated heterocycles. The highest BCUT2D eigenvalue weighted by Gasteiger charge is 2.34. The minimum absolute atomic E-state index is 0.0724. The summed E-state index contributed by atoms with van der Waals surface area (Å²) in [5, 5.41) is 9.29. The smallest absolute Gasteiger partial charge is 0.357 e. The first-order chi connectivity index (χ1) is 14.2. The van der Waals surface area contributed by atoms with Gasteiger partial charge >= 0.3 is 6.18 Å². The van der Waals surface area contributed by atoms with Crippen molar-refractivity contribution in [1.29, 1.82) is 0 Å². The lowest BCUT2D eigenvalue weighted by atomic mass is 10.1. The molecule has 1 aromatic carbocycles. The van der Waals surface area contributed by atoms with Gasteiger partial charge in [0.05, 0.1) is 13.1 Å². The van der Waals surface area contributed by atoms with Gasteiger partial charge in [0.1, 0.15) is 0 Å². The Morgan fingerprint density at radius 1 is 1.27 bits per heavy atom. The number of carbonyl (C=O) groups excluding carboxylic acids is 1. The van der Waals surface area contributed by atoms with E-state index in [-0.39, 0.29) is 18.0 Å². The number of guanidine groups is 1. The summed E-state index contributed by atoms with van der Waals surface area (Å²) in [6.07, 6.45) is -2.67. The van der Waals surface area contributed by atoms with Crippen LogP contribution in [0.5, 0.6) is 0 Å². The molecule has 168 valence electrons. The molecule has 6 nitrogen and oxygen atoms in total. The number of carbonyl (C=O) groups is 1. The van der Waals surface area contributed by atoms with Gasteiger partial charge in [-0.25, -0.2) is 4.99 Å². The monoisotopic (exact) mass is 427 g/mol. The van der Waals surface area contributed by atoms with Gasteiger partial charge in [0, 0.05) is 37.3 Å². The van der Waals surface area contributed by atoms with Crippen molar-refractivity contribution in [3.05, 3.63) is 35.4 Å². The lowest BCUT2D eigenvalue weighted by Crippen LogP contribution is -2.45. The molecule has 1 aliphatic heterocycles. The third-order valence-corrected chi connectivity index (χ3v) is 4.99. The van der Waals surface area contributed by atoms with E-state index < -0.39 is 12.7 Å². The Bertz CT molecular complexity index is 706. The zero-order valence-electron chi connectivity index (χ0n) is 17.9. The fourth-order valence-electron chi connectivity index (χ4n) is 3.20. The van der Waals surface area contributed by atoms with Crippen molar-refractivity contribution in [1.82, 2.24) is 20.9 Å². The van der Waals surface area contributed by atoms with E-state index in [9.17, 15) is 18.0 Å². The van der Waals surface area contributed by atoms with Crippen molar-refractivity contribution in [3.63, 3.8) is 0 Å². The zero-order valence-corrected chi connectivity index (χ0v) is 17.9. The van der Waals surface area contributed by atoms with E-state index >= 15 is 0 Å². The van der Waals surface area contributed by atoms with Crippen LogP contribution in [0.25, 0.3) is 0 Å². The summed E-state index contributed by atoms with van der Waals surface area (Å²) < 4.78 is 37.7. The number of hydrogen-bond donors (Lipinski definition) is 3. The summed E-state index contributed by atoms with van der Waals surface area (Å²) >= 11 is 0. The highest BCUT2D eigenvalue weighted by atomic mass is 19.4. The van der Waals surface area contributed by atoms with Crippen LogP contribution in [0.2, 0.25) is 0 Å². The number of halogens is 3. The molecule has 30 heavy (non-hydrogen) atoms. The molecule has 1 fully saturated rings. The number of aliphatic imine (C=N–C) groups is 1. The Balaban J connectivity index is 1.91. The Morgan fingerprint density at radius 3 is 2.57 bits per heavy atom. The van der Waals surface area contributed by atoms with E-state index in [4.69, 9.17) is 0 Å². The number of hydrogen-bond acceptors (Lipinski definition) is 3. The quantitative estimate of drug-likeness (QED) is 0.441. The standard InChI is InChI=1S/C21H32F3N5O/c1-4-15(3)27-19(30)17-8-6-16(7-9-17)12-26-20(25-5-2)28-18-10-11-29(13-18)14-21(22,23)24/h6-9,15,18H,4-5,10-14H2,1-3H3,(H,27,30)(H2,25,26,28). The number of amides is 1. The first-order valence-corrected chi connectivity index (χ1v) is 10.4. The summed E-state index contributed by atoms with van der Waals surface area (Å²) in [6, 6.07) is 7.32. The van der Waals surface area contributed by atoms with Crippen LogP contribution < -0.4 is 16.0 Å². The van der Waals surface area contributed by atoms with E-state index in [2.05, 4.69) is 20.9 Å². The topological polar surface area (TPSA) is 68.8 Å². The second-order valence-corrected chi connectivity index (χ2v) is 7.66. The second kappa shape index (κ2) is 11.2. The van der Waals surface area contributed by atoms with Gasteiger partial charge < -0.3 is 16.0 Å². The first kappa shape index (κ1) is 24.0. The SMILES string of the molecule is CCNC(=NCc1ccc(C(=O)NC(C)CC)cc1)NC1CCN(CC(F)(F)F)C1. The molecule has 1 aliphatic rings. The van der Waals surface area contributed by atoms with E-state index in [1.54, 1.807) is 12.1 Å². The Hall–Kier alpha value is -2.29. The Kier molecular flexibility index (Phi) is 8.95. The molecule has 2 unspecified atom stereocenters. The average Bonchev–Trinajstić information content (AvgIpc) is 3.11. The van der Waals surface area contributed by atoms with Crippen LogP contribution in [-0.4, -0.2) is 61.2 Å². The van der Waals surface area contributed by atoms with Gasteiger partial charge in [0.25, 0.3) is 5.91 Å². The van der Waals surface area contributed by atoms with Crippen molar-refractivity contribution in [3.8, 4) is 0 Å². The molecule has 0 spiro atoms. The molecule has 2 atom stereocenters. The van der Waals surface area contributed by atoms with Crippen LogP contribution in [0.4, 0.5) is 13.2 Å². The maximum Gasteiger partial charge on any atom is 0.401 e. The molecule has 0 radical (unpaired) electrons. The summed E-state index contributed by atoms with van der Waals surface area (Å²) in [6.45, 7) is 6.84. The third kappa shape index (κ3) is 8.22. The van der Waals surface area contributed by atoms with Crippen molar-refractivity contribution in [2.24, 2.45) is 4.99 Å². The van der Waals surface area contributed by atoms with Crippen molar-refractivity contribution < 1.29 is 18.0 Å². The molecule has 9 heteroatoms. The largest absolute Gasteiger partial charge is 0.401 e. The molecule has 3 N–H and O–H groups in total. The zero-order chi connectivity index (χ0) is 22.1. The van der Waals surface area contributed by atoms with Crippen LogP contribution in [0.3, 0.4) is 0 Å². The van der Waals surface area contributed by atoms with Crippen LogP contribution in [0.1, 0.15) is 49.5 Å².